The maximum atomic E-state index is 12.4. The van der Waals surface area contributed by atoms with Crippen LogP contribution in [-0.4, -0.2) is 30.1 Å². The summed E-state index contributed by atoms with van der Waals surface area (Å²) in [5.74, 6) is 1.66. The van der Waals surface area contributed by atoms with Gasteiger partial charge in [-0.1, -0.05) is 56.3 Å². The largest absolute Gasteiger partial charge is 0.263 e. The quantitative estimate of drug-likeness (QED) is 0.622. The Balaban J connectivity index is 1.59. The van der Waals surface area contributed by atoms with Crippen LogP contribution >= 0.6 is 0 Å². The van der Waals surface area contributed by atoms with Crippen LogP contribution in [0.3, 0.4) is 0 Å². The summed E-state index contributed by atoms with van der Waals surface area (Å²) in [5, 5.41) is 7.04. The standard InChI is InChI=1S/C20H24N4O2S/c1-3-15(2)16-9-11-18(12-10-16)27(25,26)21-14-13-19-22-20(24-23-19)17-7-5-4-6-8-17/h4-12,15,21H,3,13-14H2,1-2H3,(H,22,23,24)/t15-/m0/s1. The van der Waals surface area contributed by atoms with Gasteiger partial charge in [-0.25, -0.2) is 18.1 Å². The second-order valence-electron chi connectivity index (χ2n) is 6.50. The lowest BCUT2D eigenvalue weighted by Gasteiger charge is -2.10. The molecule has 0 saturated carbocycles. The Bertz CT molecular complexity index is 967. The molecule has 6 nitrogen and oxygen atoms in total. The first-order valence-corrected chi connectivity index (χ1v) is 10.5. The lowest BCUT2D eigenvalue weighted by atomic mass is 9.99. The third-order valence-corrected chi connectivity index (χ3v) is 6.07. The smallest absolute Gasteiger partial charge is 0.240 e. The van der Waals surface area contributed by atoms with E-state index in [1.807, 2.05) is 42.5 Å². The number of H-pyrrole nitrogens is 1. The van der Waals surface area contributed by atoms with Crippen molar-refractivity contribution in [3.8, 4) is 11.4 Å². The molecule has 142 valence electrons. The van der Waals surface area contributed by atoms with Crippen molar-refractivity contribution < 1.29 is 8.42 Å². The second-order valence-corrected chi connectivity index (χ2v) is 8.26. The third-order valence-electron chi connectivity index (χ3n) is 4.59. The first-order chi connectivity index (χ1) is 13.0. The average molecular weight is 385 g/mol. The number of rotatable bonds is 8. The maximum absolute atomic E-state index is 12.4. The summed E-state index contributed by atoms with van der Waals surface area (Å²) in [6.07, 6.45) is 1.45. The number of hydrogen-bond donors (Lipinski definition) is 2. The molecule has 0 saturated heterocycles. The van der Waals surface area contributed by atoms with Gasteiger partial charge < -0.3 is 0 Å². The van der Waals surface area contributed by atoms with Gasteiger partial charge in [0.25, 0.3) is 0 Å². The molecule has 0 radical (unpaired) electrons. The fourth-order valence-corrected chi connectivity index (χ4v) is 3.75. The molecule has 7 heteroatoms. The fraction of sp³-hybridized carbons (Fsp3) is 0.300. The Labute approximate surface area is 160 Å². The highest BCUT2D eigenvalue weighted by Crippen LogP contribution is 2.20. The lowest BCUT2D eigenvalue weighted by Crippen LogP contribution is -2.26. The normalized spacial score (nSPS) is 12.8. The van der Waals surface area contributed by atoms with Crippen LogP contribution in [0, 0.1) is 0 Å². The molecule has 27 heavy (non-hydrogen) atoms. The SMILES string of the molecule is CC[C@H](C)c1ccc(S(=O)(=O)NCCc2nc(-c3ccccc3)n[nH]2)cc1. The Morgan fingerprint density at radius 3 is 2.44 bits per heavy atom. The van der Waals surface area contributed by atoms with Gasteiger partial charge in [0.05, 0.1) is 4.90 Å². The zero-order chi connectivity index (χ0) is 19.3. The van der Waals surface area contributed by atoms with E-state index in [1.54, 1.807) is 12.1 Å². The van der Waals surface area contributed by atoms with Gasteiger partial charge in [-0.3, -0.25) is 5.10 Å². The van der Waals surface area contributed by atoms with Crippen LogP contribution in [0.4, 0.5) is 0 Å². The van der Waals surface area contributed by atoms with Crippen molar-refractivity contribution in [1.82, 2.24) is 19.9 Å². The fourth-order valence-electron chi connectivity index (χ4n) is 2.72. The van der Waals surface area contributed by atoms with Gasteiger partial charge in [-0.2, -0.15) is 5.10 Å². The molecule has 1 atom stereocenters. The molecular formula is C20H24N4O2S. The van der Waals surface area contributed by atoms with E-state index in [9.17, 15) is 8.42 Å². The van der Waals surface area contributed by atoms with Gasteiger partial charge in [-0.05, 0) is 30.0 Å². The molecule has 0 amide bonds. The number of aromatic amines is 1. The molecule has 0 unspecified atom stereocenters. The summed E-state index contributed by atoms with van der Waals surface area (Å²) >= 11 is 0. The van der Waals surface area contributed by atoms with Crippen molar-refractivity contribution in [1.29, 1.82) is 0 Å². The van der Waals surface area contributed by atoms with E-state index in [-0.39, 0.29) is 11.4 Å². The number of sulfonamides is 1. The van der Waals surface area contributed by atoms with E-state index in [1.165, 1.54) is 0 Å². The molecule has 1 aromatic heterocycles. The van der Waals surface area contributed by atoms with Crippen LogP contribution < -0.4 is 4.72 Å². The Hall–Kier alpha value is -2.51. The van der Waals surface area contributed by atoms with Crippen molar-refractivity contribution in [2.75, 3.05) is 6.54 Å². The summed E-state index contributed by atoms with van der Waals surface area (Å²) in [4.78, 5) is 4.69. The van der Waals surface area contributed by atoms with Crippen molar-refractivity contribution in [3.05, 3.63) is 66.0 Å². The van der Waals surface area contributed by atoms with Crippen LogP contribution in [-0.2, 0) is 16.4 Å². The van der Waals surface area contributed by atoms with Gasteiger partial charge in [0, 0.05) is 18.5 Å². The van der Waals surface area contributed by atoms with Gasteiger partial charge in [-0.15, -0.1) is 0 Å². The van der Waals surface area contributed by atoms with E-state index in [0.717, 1.165) is 17.5 Å². The van der Waals surface area contributed by atoms with Gasteiger partial charge in [0.15, 0.2) is 5.82 Å². The Morgan fingerprint density at radius 1 is 1.07 bits per heavy atom. The van der Waals surface area contributed by atoms with E-state index >= 15 is 0 Å². The highest BCUT2D eigenvalue weighted by Gasteiger charge is 2.15. The molecule has 0 aliphatic heterocycles. The van der Waals surface area contributed by atoms with Crippen LogP contribution in [0.25, 0.3) is 11.4 Å². The first kappa shape index (κ1) is 19.3. The van der Waals surface area contributed by atoms with Crippen molar-refractivity contribution >= 4 is 10.0 Å². The summed E-state index contributed by atoms with van der Waals surface area (Å²) in [6, 6.07) is 16.7. The molecule has 2 aromatic carbocycles. The molecule has 0 fully saturated rings. The topological polar surface area (TPSA) is 87.7 Å². The minimum absolute atomic E-state index is 0.249. The van der Waals surface area contributed by atoms with E-state index in [4.69, 9.17) is 0 Å². The van der Waals surface area contributed by atoms with E-state index < -0.39 is 10.0 Å². The molecule has 3 aromatic rings. The summed E-state index contributed by atoms with van der Waals surface area (Å²) in [5.41, 5.74) is 2.06. The molecule has 0 spiro atoms. The average Bonchev–Trinajstić information content (AvgIpc) is 3.17. The number of aromatic nitrogens is 3. The molecule has 0 bridgehead atoms. The van der Waals surface area contributed by atoms with Crippen molar-refractivity contribution in [3.63, 3.8) is 0 Å². The number of benzene rings is 2. The first-order valence-electron chi connectivity index (χ1n) is 9.06. The predicted octanol–water partition coefficient (Wildman–Crippen LogP) is 3.51. The number of nitrogens with one attached hydrogen (secondary N) is 2. The van der Waals surface area contributed by atoms with Crippen LogP contribution in [0.15, 0.2) is 59.5 Å². The van der Waals surface area contributed by atoms with Crippen LogP contribution in [0.5, 0.6) is 0 Å². The van der Waals surface area contributed by atoms with Gasteiger partial charge >= 0.3 is 0 Å². The minimum Gasteiger partial charge on any atom is -0.263 e. The lowest BCUT2D eigenvalue weighted by molar-refractivity contribution is 0.580. The summed E-state index contributed by atoms with van der Waals surface area (Å²) < 4.78 is 27.5. The number of nitrogens with zero attached hydrogens (tertiary/aromatic N) is 2. The molecule has 0 aliphatic carbocycles. The molecule has 3 rings (SSSR count). The van der Waals surface area contributed by atoms with Gasteiger partial charge in [0.2, 0.25) is 10.0 Å². The minimum atomic E-state index is -3.54. The third kappa shape index (κ3) is 4.81. The second kappa shape index (κ2) is 8.45. The summed E-state index contributed by atoms with van der Waals surface area (Å²) in [6.45, 7) is 4.49. The Kier molecular flexibility index (Phi) is 6.03. The predicted molar refractivity (Wildman–Crippen MR) is 106 cm³/mol. The van der Waals surface area contributed by atoms with E-state index in [2.05, 4.69) is 33.8 Å². The molecule has 2 N–H and O–H groups in total. The molecule has 1 heterocycles. The van der Waals surface area contributed by atoms with E-state index in [0.29, 0.717) is 24.0 Å². The number of hydrogen-bond acceptors (Lipinski definition) is 4. The van der Waals surface area contributed by atoms with Crippen molar-refractivity contribution in [2.24, 2.45) is 0 Å². The molecular weight excluding hydrogens is 360 g/mol. The van der Waals surface area contributed by atoms with Crippen molar-refractivity contribution in [2.45, 2.75) is 37.5 Å². The van der Waals surface area contributed by atoms with Gasteiger partial charge in [0.1, 0.15) is 5.82 Å². The monoisotopic (exact) mass is 384 g/mol. The highest BCUT2D eigenvalue weighted by atomic mass is 32.2. The molecule has 0 aliphatic rings. The van der Waals surface area contributed by atoms with Crippen LogP contribution in [0.2, 0.25) is 0 Å². The zero-order valence-corrected chi connectivity index (χ0v) is 16.3. The Morgan fingerprint density at radius 2 is 1.78 bits per heavy atom. The summed E-state index contributed by atoms with van der Waals surface area (Å²) in [7, 11) is -3.54. The maximum Gasteiger partial charge on any atom is 0.240 e. The zero-order valence-electron chi connectivity index (χ0n) is 15.5. The highest BCUT2D eigenvalue weighted by molar-refractivity contribution is 7.89. The van der Waals surface area contributed by atoms with Crippen LogP contribution in [0.1, 0.15) is 37.6 Å².